The molecule has 2 heterocycles. The molecule has 22 heavy (non-hydrogen) atoms. The van der Waals surface area contributed by atoms with Crippen molar-refractivity contribution in [3.8, 4) is 0 Å². The molecule has 0 aromatic carbocycles. The smallest absolute Gasteiger partial charge is 0.139 e. The number of hydrogen-bond donors (Lipinski definition) is 2. The Morgan fingerprint density at radius 1 is 1.36 bits per heavy atom. The van der Waals surface area contributed by atoms with Crippen molar-refractivity contribution in [3.63, 3.8) is 0 Å². The minimum atomic E-state index is 0.112. The van der Waals surface area contributed by atoms with Gasteiger partial charge in [-0.15, -0.1) is 0 Å². The van der Waals surface area contributed by atoms with E-state index in [2.05, 4.69) is 24.3 Å². The molecular weight excluding hydrogens is 280 g/mol. The van der Waals surface area contributed by atoms with Crippen LogP contribution in [0.3, 0.4) is 0 Å². The van der Waals surface area contributed by atoms with E-state index in [4.69, 9.17) is 14.4 Å². The Morgan fingerprint density at radius 2 is 2.14 bits per heavy atom. The van der Waals surface area contributed by atoms with Gasteiger partial charge < -0.3 is 19.7 Å². The van der Waals surface area contributed by atoms with Gasteiger partial charge in [0.1, 0.15) is 5.76 Å². The summed E-state index contributed by atoms with van der Waals surface area (Å²) in [5, 5.41) is 16.9. The van der Waals surface area contributed by atoms with E-state index < -0.39 is 0 Å². The van der Waals surface area contributed by atoms with Crippen LogP contribution in [0.15, 0.2) is 10.6 Å². The quantitative estimate of drug-likeness (QED) is 0.840. The second-order valence-electron chi connectivity index (χ2n) is 7.32. The molecule has 124 valence electrons. The summed E-state index contributed by atoms with van der Waals surface area (Å²) < 4.78 is 10.7. The van der Waals surface area contributed by atoms with Crippen molar-refractivity contribution < 1.29 is 14.4 Å². The number of nitrogens with one attached hydrogen (secondary N) is 1. The number of ether oxygens (including phenoxy) is 1. The maximum atomic E-state index is 8.94. The summed E-state index contributed by atoms with van der Waals surface area (Å²) in [5.41, 5.74) is 1.31. The predicted octanol–water partition coefficient (Wildman–Crippen LogP) is 1.94. The van der Waals surface area contributed by atoms with Gasteiger partial charge in [-0.2, -0.15) is 0 Å². The van der Waals surface area contributed by atoms with Crippen LogP contribution in [0, 0.1) is 11.3 Å². The fourth-order valence-electron chi connectivity index (χ4n) is 3.73. The topological polar surface area (TPSA) is 67.5 Å². The van der Waals surface area contributed by atoms with Gasteiger partial charge in [0.25, 0.3) is 0 Å². The molecule has 5 nitrogen and oxygen atoms in total. The summed E-state index contributed by atoms with van der Waals surface area (Å²) in [7, 11) is 0. The molecule has 2 atom stereocenters. The number of nitrogens with zero attached hydrogens (tertiary/aromatic N) is 1. The minimum absolute atomic E-state index is 0.112. The Kier molecular flexibility index (Phi) is 4.85. The largest absolute Gasteiger partial charge is 0.396 e. The molecule has 0 amide bonds. The lowest BCUT2D eigenvalue weighted by Gasteiger charge is -2.54. The number of aliphatic hydroxyl groups excluding tert-OH is 1. The van der Waals surface area contributed by atoms with Gasteiger partial charge in [-0.3, -0.25) is 0 Å². The van der Waals surface area contributed by atoms with Crippen LogP contribution >= 0.6 is 0 Å². The molecule has 0 spiro atoms. The van der Waals surface area contributed by atoms with Crippen molar-refractivity contribution in [2.24, 2.45) is 11.3 Å². The number of hydrogen-bond acceptors (Lipinski definition) is 5. The molecule has 2 fully saturated rings. The summed E-state index contributed by atoms with van der Waals surface area (Å²) in [5.74, 6) is 1.42. The van der Waals surface area contributed by atoms with E-state index in [0.717, 1.165) is 43.9 Å². The average Bonchev–Trinajstić information content (AvgIpc) is 2.95. The molecule has 0 radical (unpaired) electrons. The highest BCUT2D eigenvalue weighted by molar-refractivity contribution is 5.11. The molecule has 2 aliphatic rings. The minimum Gasteiger partial charge on any atom is -0.396 e. The van der Waals surface area contributed by atoms with Gasteiger partial charge >= 0.3 is 0 Å². The zero-order valence-corrected chi connectivity index (χ0v) is 13.7. The fourth-order valence-corrected chi connectivity index (χ4v) is 3.73. The Bertz CT molecular complexity index is 480. The van der Waals surface area contributed by atoms with Crippen molar-refractivity contribution >= 4 is 0 Å². The molecule has 3 rings (SSSR count). The van der Waals surface area contributed by atoms with Crippen molar-refractivity contribution in [2.45, 2.75) is 58.0 Å². The first-order chi connectivity index (χ1) is 10.6. The summed E-state index contributed by atoms with van der Waals surface area (Å²) in [6.07, 6.45) is 4.98. The summed E-state index contributed by atoms with van der Waals surface area (Å²) >= 11 is 0. The van der Waals surface area contributed by atoms with Gasteiger partial charge in [0.05, 0.1) is 12.3 Å². The first kappa shape index (κ1) is 16.0. The predicted molar refractivity (Wildman–Crippen MR) is 83.6 cm³/mol. The van der Waals surface area contributed by atoms with Gasteiger partial charge in [0.2, 0.25) is 0 Å². The second kappa shape index (κ2) is 6.69. The van der Waals surface area contributed by atoms with Crippen LogP contribution in [0.5, 0.6) is 0 Å². The Morgan fingerprint density at radius 3 is 2.82 bits per heavy atom. The van der Waals surface area contributed by atoms with Gasteiger partial charge in [-0.25, -0.2) is 0 Å². The molecule has 0 bridgehead atoms. The van der Waals surface area contributed by atoms with Gasteiger partial charge in [0, 0.05) is 37.8 Å². The summed E-state index contributed by atoms with van der Waals surface area (Å²) in [6, 6.07) is 3.19. The van der Waals surface area contributed by atoms with Crippen molar-refractivity contribution in [3.05, 3.63) is 17.5 Å². The van der Waals surface area contributed by atoms with E-state index in [0.29, 0.717) is 24.4 Å². The van der Waals surface area contributed by atoms with Gasteiger partial charge in [-0.05, 0) is 37.0 Å². The molecule has 1 saturated carbocycles. The fraction of sp³-hybridized carbons (Fsp3) is 0.824. The third-order valence-electron chi connectivity index (χ3n) is 5.55. The highest BCUT2D eigenvalue weighted by Crippen LogP contribution is 2.48. The number of aromatic nitrogens is 1. The molecule has 1 aromatic heterocycles. The molecule has 1 saturated heterocycles. The lowest BCUT2D eigenvalue weighted by molar-refractivity contribution is -0.00757. The van der Waals surface area contributed by atoms with E-state index in [-0.39, 0.29) is 12.0 Å². The van der Waals surface area contributed by atoms with Crippen LogP contribution < -0.4 is 5.32 Å². The molecule has 5 heteroatoms. The SMILES string of the molecule is CC1(C)[C@H](Cc2cc(CCO)on2)C[C@@H]1NC1CCOCC1. The standard InChI is InChI=1S/C17H28N2O3/c1-17(2)12(9-14-11-15(3-6-20)22-19-14)10-16(17)18-13-4-7-21-8-5-13/h11-13,16,18,20H,3-10H2,1-2H3/t12-,16+/m1/s1. The van der Waals surface area contributed by atoms with Crippen LogP contribution in [-0.2, 0) is 17.6 Å². The van der Waals surface area contributed by atoms with Crippen LogP contribution in [0.4, 0.5) is 0 Å². The third-order valence-corrected chi connectivity index (χ3v) is 5.55. The molecule has 1 aliphatic carbocycles. The van der Waals surface area contributed by atoms with Crippen LogP contribution in [0.25, 0.3) is 0 Å². The highest BCUT2D eigenvalue weighted by atomic mass is 16.5. The van der Waals surface area contributed by atoms with Crippen LogP contribution in [0.2, 0.25) is 0 Å². The first-order valence-electron chi connectivity index (χ1n) is 8.48. The van der Waals surface area contributed by atoms with Crippen LogP contribution in [-0.4, -0.2) is 42.2 Å². The normalized spacial score (nSPS) is 28.5. The third kappa shape index (κ3) is 3.36. The average molecular weight is 308 g/mol. The number of rotatable bonds is 6. The maximum absolute atomic E-state index is 8.94. The van der Waals surface area contributed by atoms with Crippen LogP contribution in [0.1, 0.15) is 44.6 Å². The second-order valence-corrected chi connectivity index (χ2v) is 7.32. The van der Waals surface area contributed by atoms with Gasteiger partial charge in [-0.1, -0.05) is 19.0 Å². The number of aliphatic hydroxyl groups is 1. The lowest BCUT2D eigenvalue weighted by atomic mass is 9.57. The molecule has 0 unspecified atom stereocenters. The molecule has 1 aliphatic heterocycles. The van der Waals surface area contributed by atoms with E-state index >= 15 is 0 Å². The molecule has 1 aromatic rings. The Labute approximate surface area is 132 Å². The monoisotopic (exact) mass is 308 g/mol. The summed E-state index contributed by atoms with van der Waals surface area (Å²) in [4.78, 5) is 0. The molecule has 2 N–H and O–H groups in total. The lowest BCUT2D eigenvalue weighted by Crippen LogP contribution is -2.60. The molecular formula is C17H28N2O3. The van der Waals surface area contributed by atoms with E-state index in [1.165, 1.54) is 6.42 Å². The first-order valence-corrected chi connectivity index (χ1v) is 8.48. The van der Waals surface area contributed by atoms with Crippen molar-refractivity contribution in [2.75, 3.05) is 19.8 Å². The highest BCUT2D eigenvalue weighted by Gasteiger charge is 2.48. The zero-order valence-electron chi connectivity index (χ0n) is 13.7. The Hall–Kier alpha value is -0.910. The van der Waals surface area contributed by atoms with Gasteiger partial charge in [0.15, 0.2) is 0 Å². The van der Waals surface area contributed by atoms with E-state index in [1.807, 2.05) is 6.07 Å². The summed E-state index contributed by atoms with van der Waals surface area (Å²) in [6.45, 7) is 6.60. The van der Waals surface area contributed by atoms with E-state index in [1.54, 1.807) is 0 Å². The Balaban J connectivity index is 1.51. The van der Waals surface area contributed by atoms with Crippen molar-refractivity contribution in [1.82, 2.24) is 10.5 Å². The van der Waals surface area contributed by atoms with E-state index in [9.17, 15) is 0 Å². The van der Waals surface area contributed by atoms with Crippen molar-refractivity contribution in [1.29, 1.82) is 0 Å². The zero-order chi connectivity index (χ0) is 15.6. The maximum Gasteiger partial charge on any atom is 0.139 e.